The Bertz CT molecular complexity index is 1110. The number of nitrogens with zero attached hydrogens (tertiary/aromatic N) is 2. The van der Waals surface area contributed by atoms with Gasteiger partial charge in [-0.05, 0) is 37.3 Å². The van der Waals surface area contributed by atoms with Gasteiger partial charge in [0.15, 0.2) is 5.16 Å². The van der Waals surface area contributed by atoms with Crippen molar-refractivity contribution < 1.29 is 14.7 Å². The molecule has 0 aliphatic rings. The summed E-state index contributed by atoms with van der Waals surface area (Å²) in [6, 6.07) is 12.3. The number of rotatable bonds is 8. The lowest BCUT2D eigenvalue weighted by Gasteiger charge is -2.24. The van der Waals surface area contributed by atoms with Crippen molar-refractivity contribution in [2.75, 3.05) is 0 Å². The van der Waals surface area contributed by atoms with Gasteiger partial charge in [-0.3, -0.25) is 14.2 Å². The second-order valence-corrected chi connectivity index (χ2v) is 9.80. The lowest BCUT2D eigenvalue weighted by Crippen LogP contribution is -2.31. The van der Waals surface area contributed by atoms with Crippen molar-refractivity contribution in [1.82, 2.24) is 9.55 Å². The number of hydrogen-bond donors (Lipinski definition) is 1. The lowest BCUT2D eigenvalue weighted by molar-refractivity contribution is -0.143. The third kappa shape index (κ3) is 4.40. The molecule has 0 saturated heterocycles. The second kappa shape index (κ2) is 8.82. The normalized spacial score (nSPS) is 12.8. The summed E-state index contributed by atoms with van der Waals surface area (Å²) in [5, 5.41) is 12.4. The van der Waals surface area contributed by atoms with E-state index in [-0.39, 0.29) is 12.2 Å². The maximum absolute atomic E-state index is 12.8. The first-order valence-corrected chi connectivity index (χ1v) is 11.0. The molecule has 3 aromatic rings. The van der Waals surface area contributed by atoms with Crippen LogP contribution in [0.5, 0.6) is 0 Å². The number of imidazole rings is 1. The van der Waals surface area contributed by atoms with Gasteiger partial charge in [-0.15, -0.1) is 0 Å². The summed E-state index contributed by atoms with van der Waals surface area (Å²) in [6.45, 7) is 7.25. The van der Waals surface area contributed by atoms with Gasteiger partial charge in [0.05, 0.1) is 22.5 Å². The molecule has 0 aliphatic heterocycles. The van der Waals surface area contributed by atoms with Crippen molar-refractivity contribution in [2.24, 2.45) is 5.92 Å². The van der Waals surface area contributed by atoms with Gasteiger partial charge in [0.25, 0.3) is 0 Å². The van der Waals surface area contributed by atoms with E-state index in [1.807, 2.05) is 22.8 Å². The van der Waals surface area contributed by atoms with E-state index >= 15 is 0 Å². The van der Waals surface area contributed by atoms with Crippen molar-refractivity contribution in [1.29, 1.82) is 0 Å². The van der Waals surface area contributed by atoms with E-state index < -0.39 is 16.6 Å². The molecule has 5 nitrogen and oxygen atoms in total. The molecule has 2 aromatic carbocycles. The largest absolute Gasteiger partial charge is 0.481 e. The number of hydrogen-bond acceptors (Lipinski definition) is 4. The van der Waals surface area contributed by atoms with Crippen molar-refractivity contribution in [3.63, 3.8) is 0 Å². The molecule has 30 heavy (non-hydrogen) atoms. The van der Waals surface area contributed by atoms with Crippen LogP contribution < -0.4 is 0 Å². The fraction of sp³-hybridized carbons (Fsp3) is 0.348. The Morgan fingerprint density at radius 3 is 2.50 bits per heavy atom. The minimum atomic E-state index is -0.976. The molecule has 1 heterocycles. The van der Waals surface area contributed by atoms with Crippen LogP contribution in [-0.2, 0) is 16.0 Å². The molecule has 1 atom stereocenters. The number of halogens is 1. The predicted molar refractivity (Wildman–Crippen MR) is 122 cm³/mol. The molecule has 0 radical (unpaired) electrons. The Morgan fingerprint density at radius 2 is 1.87 bits per heavy atom. The topological polar surface area (TPSA) is 72.2 Å². The van der Waals surface area contributed by atoms with Crippen LogP contribution in [0.25, 0.3) is 16.5 Å². The van der Waals surface area contributed by atoms with E-state index in [0.717, 1.165) is 22.9 Å². The Kier molecular flexibility index (Phi) is 6.58. The Hall–Kier alpha value is -2.31. The zero-order valence-electron chi connectivity index (χ0n) is 17.5. The molecule has 0 fully saturated rings. The zero-order valence-corrected chi connectivity index (χ0v) is 19.0. The third-order valence-electron chi connectivity index (χ3n) is 5.23. The maximum atomic E-state index is 12.8. The first-order valence-electron chi connectivity index (χ1n) is 9.85. The SMILES string of the molecule is CCc1ccc(-n2c(Cl)cnc2SC(C)(C)C(=O)CC(C)C(=O)O)c2ccccc12. The predicted octanol–water partition coefficient (Wildman–Crippen LogP) is 5.79. The monoisotopic (exact) mass is 444 g/mol. The lowest BCUT2D eigenvalue weighted by atomic mass is 9.97. The highest BCUT2D eigenvalue weighted by atomic mass is 35.5. The highest BCUT2D eigenvalue weighted by Crippen LogP contribution is 2.38. The van der Waals surface area contributed by atoms with Crippen LogP contribution >= 0.6 is 23.4 Å². The molecule has 0 bridgehead atoms. The van der Waals surface area contributed by atoms with E-state index in [1.165, 1.54) is 17.3 Å². The van der Waals surface area contributed by atoms with E-state index in [0.29, 0.717) is 10.3 Å². The van der Waals surface area contributed by atoms with Crippen LogP contribution in [0.3, 0.4) is 0 Å². The van der Waals surface area contributed by atoms with Gasteiger partial charge in [0.1, 0.15) is 10.9 Å². The number of carboxylic acid groups (broad SMARTS) is 1. The Balaban J connectivity index is 2.02. The van der Waals surface area contributed by atoms with E-state index in [1.54, 1.807) is 27.0 Å². The van der Waals surface area contributed by atoms with Crippen molar-refractivity contribution in [3.05, 3.63) is 53.3 Å². The van der Waals surface area contributed by atoms with E-state index in [4.69, 9.17) is 16.7 Å². The van der Waals surface area contributed by atoms with Crippen LogP contribution in [0.2, 0.25) is 5.15 Å². The van der Waals surface area contributed by atoms with Crippen LogP contribution in [0.15, 0.2) is 47.8 Å². The molecule has 0 aliphatic carbocycles. The molecule has 3 rings (SSSR count). The summed E-state index contributed by atoms with van der Waals surface area (Å²) in [7, 11) is 0. The van der Waals surface area contributed by atoms with Crippen LogP contribution in [0.4, 0.5) is 0 Å². The fourth-order valence-corrected chi connectivity index (χ4v) is 4.67. The number of aryl methyl sites for hydroxylation is 1. The van der Waals surface area contributed by atoms with Crippen LogP contribution in [0, 0.1) is 5.92 Å². The molecular formula is C23H25ClN2O3S. The molecule has 0 amide bonds. The zero-order chi connectivity index (χ0) is 22.1. The molecular weight excluding hydrogens is 420 g/mol. The number of benzene rings is 2. The first-order chi connectivity index (χ1) is 14.2. The van der Waals surface area contributed by atoms with Crippen molar-refractivity contribution in [3.8, 4) is 5.69 Å². The summed E-state index contributed by atoms with van der Waals surface area (Å²) in [5.41, 5.74) is 2.15. The number of carboxylic acids is 1. The standard InChI is InChI=1S/C23H25ClN2O3S/c1-5-15-10-11-18(17-9-7-6-8-16(15)17)26-20(24)13-25-22(26)30-23(3,4)19(27)12-14(2)21(28)29/h6-11,13-14H,5,12H2,1-4H3,(H,28,29). The second-order valence-electron chi connectivity index (χ2n) is 7.82. The molecule has 1 aromatic heterocycles. The molecule has 0 spiro atoms. The third-order valence-corrected chi connectivity index (χ3v) is 6.71. The average molecular weight is 445 g/mol. The van der Waals surface area contributed by atoms with Crippen LogP contribution in [0.1, 0.15) is 39.7 Å². The number of ketones is 1. The van der Waals surface area contributed by atoms with E-state index in [2.05, 4.69) is 30.1 Å². The summed E-state index contributed by atoms with van der Waals surface area (Å²) in [6.07, 6.45) is 2.47. The number of aliphatic carboxylic acids is 1. The van der Waals surface area contributed by atoms with Gasteiger partial charge in [-0.1, -0.05) is 67.5 Å². The molecule has 1 unspecified atom stereocenters. The van der Waals surface area contributed by atoms with E-state index in [9.17, 15) is 9.59 Å². The highest BCUT2D eigenvalue weighted by molar-refractivity contribution is 8.01. The van der Waals surface area contributed by atoms with Crippen molar-refractivity contribution >= 4 is 45.9 Å². The van der Waals surface area contributed by atoms with Crippen LogP contribution in [-0.4, -0.2) is 31.2 Å². The number of Topliss-reactive ketones (excluding diaryl/α,β-unsaturated/α-hetero) is 1. The maximum Gasteiger partial charge on any atom is 0.306 e. The summed E-state index contributed by atoms with van der Waals surface area (Å²) >= 11 is 7.81. The smallest absolute Gasteiger partial charge is 0.306 e. The average Bonchev–Trinajstić information content (AvgIpc) is 3.06. The number of thioether (sulfide) groups is 1. The molecule has 158 valence electrons. The Labute approximate surface area is 185 Å². The molecule has 1 N–H and O–H groups in total. The number of carbonyl (C=O) groups is 2. The minimum Gasteiger partial charge on any atom is -0.481 e. The summed E-state index contributed by atoms with van der Waals surface area (Å²) in [5.74, 6) is -1.85. The van der Waals surface area contributed by atoms with Gasteiger partial charge in [0, 0.05) is 11.8 Å². The first kappa shape index (κ1) is 22.4. The molecule has 0 saturated carbocycles. The highest BCUT2D eigenvalue weighted by Gasteiger charge is 2.33. The quantitative estimate of drug-likeness (QED) is 0.445. The fourth-order valence-electron chi connectivity index (χ4n) is 3.35. The molecule has 7 heteroatoms. The van der Waals surface area contributed by atoms with Gasteiger partial charge >= 0.3 is 5.97 Å². The number of fused-ring (bicyclic) bond motifs is 1. The Morgan fingerprint density at radius 1 is 1.20 bits per heavy atom. The number of carbonyl (C=O) groups excluding carboxylic acids is 1. The van der Waals surface area contributed by atoms with Gasteiger partial charge in [-0.2, -0.15) is 0 Å². The van der Waals surface area contributed by atoms with Crippen molar-refractivity contribution in [2.45, 2.75) is 50.4 Å². The minimum absolute atomic E-state index is 0.0299. The summed E-state index contributed by atoms with van der Waals surface area (Å²) < 4.78 is 0.999. The number of aromatic nitrogens is 2. The van der Waals surface area contributed by atoms with Gasteiger partial charge < -0.3 is 5.11 Å². The van der Waals surface area contributed by atoms with Gasteiger partial charge in [0.2, 0.25) is 0 Å². The summed E-state index contributed by atoms with van der Waals surface area (Å²) in [4.78, 5) is 28.4. The van der Waals surface area contributed by atoms with Gasteiger partial charge in [-0.25, -0.2) is 4.98 Å².